The molecule has 2 unspecified atom stereocenters. The van der Waals surface area contributed by atoms with Gasteiger partial charge in [-0.15, -0.1) is 0 Å². The number of urea groups is 1. The first-order chi connectivity index (χ1) is 16.4. The van der Waals surface area contributed by atoms with Crippen molar-refractivity contribution in [1.29, 1.82) is 0 Å². The van der Waals surface area contributed by atoms with Gasteiger partial charge in [0.05, 0.1) is 12.0 Å². The summed E-state index contributed by atoms with van der Waals surface area (Å²) >= 11 is 0. The number of hydrogen-bond acceptors (Lipinski definition) is 4. The molecule has 7 nitrogen and oxygen atoms in total. The highest BCUT2D eigenvalue weighted by Crippen LogP contribution is 2.29. The summed E-state index contributed by atoms with van der Waals surface area (Å²) in [6, 6.07) is 15.6. The average molecular weight is 467 g/mol. The van der Waals surface area contributed by atoms with Gasteiger partial charge < -0.3 is 25.2 Å². The molecule has 0 bridgehead atoms. The van der Waals surface area contributed by atoms with Crippen molar-refractivity contribution in [2.75, 3.05) is 44.0 Å². The van der Waals surface area contributed by atoms with Crippen molar-refractivity contribution in [3.05, 3.63) is 59.7 Å². The lowest BCUT2D eigenvalue weighted by Gasteiger charge is -2.31. The number of nitrogens with one attached hydrogen (secondary N) is 2. The zero-order chi connectivity index (χ0) is 24.5. The molecule has 0 saturated carbocycles. The van der Waals surface area contributed by atoms with Gasteiger partial charge in [0.15, 0.2) is 0 Å². The summed E-state index contributed by atoms with van der Waals surface area (Å²) in [7, 11) is 3.97. The molecule has 34 heavy (non-hydrogen) atoms. The summed E-state index contributed by atoms with van der Waals surface area (Å²) in [4.78, 5) is 29.9. The highest BCUT2D eigenvalue weighted by atomic mass is 16.5. The molecule has 2 aromatic rings. The number of hydrogen-bond donors (Lipinski definition) is 2. The molecule has 3 rings (SSSR count). The van der Waals surface area contributed by atoms with Crippen LogP contribution in [0.1, 0.15) is 50.2 Å². The quantitative estimate of drug-likeness (QED) is 0.537. The predicted octanol–water partition coefficient (Wildman–Crippen LogP) is 4.60. The average Bonchev–Trinajstić information content (AvgIpc) is 3.33. The van der Waals surface area contributed by atoms with Gasteiger partial charge in [-0.25, -0.2) is 4.79 Å². The highest BCUT2D eigenvalue weighted by molar-refractivity contribution is 5.89. The summed E-state index contributed by atoms with van der Waals surface area (Å²) in [5.74, 6) is -0.0990. The third-order valence-electron chi connectivity index (χ3n) is 6.19. The van der Waals surface area contributed by atoms with Crippen molar-refractivity contribution in [2.24, 2.45) is 0 Å². The van der Waals surface area contributed by atoms with Crippen LogP contribution < -0.4 is 15.5 Å². The van der Waals surface area contributed by atoms with Crippen molar-refractivity contribution < 1.29 is 14.3 Å². The third-order valence-corrected chi connectivity index (χ3v) is 6.19. The third kappa shape index (κ3) is 6.73. The van der Waals surface area contributed by atoms with Gasteiger partial charge >= 0.3 is 6.03 Å². The van der Waals surface area contributed by atoms with Crippen LogP contribution >= 0.6 is 0 Å². The fourth-order valence-corrected chi connectivity index (χ4v) is 4.49. The number of carbonyl (C=O) groups excluding carboxylic acids is 2. The molecule has 7 heteroatoms. The monoisotopic (exact) mass is 466 g/mol. The van der Waals surface area contributed by atoms with Crippen molar-refractivity contribution in [2.45, 2.75) is 51.7 Å². The fourth-order valence-electron chi connectivity index (χ4n) is 4.49. The van der Waals surface area contributed by atoms with E-state index in [0.29, 0.717) is 25.3 Å². The second kappa shape index (κ2) is 12.4. The topological polar surface area (TPSA) is 73.9 Å². The molecule has 2 N–H and O–H groups in total. The van der Waals surface area contributed by atoms with E-state index in [1.165, 1.54) is 0 Å². The van der Waals surface area contributed by atoms with Crippen molar-refractivity contribution >= 4 is 23.3 Å². The molecule has 184 valence electrons. The number of benzene rings is 2. The van der Waals surface area contributed by atoms with Crippen LogP contribution in [0.25, 0.3) is 0 Å². The zero-order valence-electron chi connectivity index (χ0n) is 20.8. The molecule has 1 aliphatic rings. The highest BCUT2D eigenvalue weighted by Gasteiger charge is 2.29. The summed E-state index contributed by atoms with van der Waals surface area (Å²) in [6.07, 6.45) is 2.77. The van der Waals surface area contributed by atoms with Gasteiger partial charge in [0.25, 0.3) is 0 Å². The van der Waals surface area contributed by atoms with E-state index < -0.39 is 0 Å². The van der Waals surface area contributed by atoms with E-state index in [4.69, 9.17) is 4.74 Å². The molecule has 0 radical (unpaired) electrons. The molecular weight excluding hydrogens is 428 g/mol. The minimum absolute atomic E-state index is 0.0525. The number of anilines is 2. The largest absolute Gasteiger partial charge is 0.377 e. The normalized spacial score (nSPS) is 16.1. The molecule has 2 atom stereocenters. The van der Waals surface area contributed by atoms with Crippen LogP contribution in [0, 0.1) is 0 Å². The lowest BCUT2D eigenvalue weighted by Crippen LogP contribution is -2.40. The van der Waals surface area contributed by atoms with Crippen LogP contribution in [-0.4, -0.2) is 56.7 Å². The molecule has 3 amide bonds. The molecule has 0 aromatic heterocycles. The molecule has 1 heterocycles. The summed E-state index contributed by atoms with van der Waals surface area (Å²) in [6.45, 7) is 6.24. The Balaban J connectivity index is 1.91. The van der Waals surface area contributed by atoms with E-state index in [1.807, 2.05) is 79.3 Å². The van der Waals surface area contributed by atoms with Gasteiger partial charge in [-0.1, -0.05) is 37.3 Å². The molecule has 1 aliphatic heterocycles. The van der Waals surface area contributed by atoms with Crippen LogP contribution in [0.3, 0.4) is 0 Å². The van der Waals surface area contributed by atoms with Crippen molar-refractivity contribution in [3.8, 4) is 0 Å². The van der Waals surface area contributed by atoms with Crippen LogP contribution in [0.15, 0.2) is 48.5 Å². The number of nitrogens with zero attached hydrogens (tertiary/aromatic N) is 2. The number of amides is 3. The maximum atomic E-state index is 13.9. The van der Waals surface area contributed by atoms with E-state index in [-0.39, 0.29) is 24.0 Å². The van der Waals surface area contributed by atoms with E-state index in [0.717, 1.165) is 42.7 Å². The molecule has 2 aromatic carbocycles. The van der Waals surface area contributed by atoms with E-state index in [9.17, 15) is 9.59 Å². The predicted molar refractivity (Wildman–Crippen MR) is 137 cm³/mol. The number of ether oxygens (including phenoxy) is 1. The molecule has 1 saturated heterocycles. The Morgan fingerprint density at radius 3 is 2.50 bits per heavy atom. The first-order valence-electron chi connectivity index (χ1n) is 12.2. The van der Waals surface area contributed by atoms with Crippen LogP contribution in [0.5, 0.6) is 0 Å². The lowest BCUT2D eigenvalue weighted by atomic mass is 9.94. The fraction of sp³-hybridized carbons (Fsp3) is 0.481. The first-order valence-corrected chi connectivity index (χ1v) is 12.2. The molecular formula is C27H38N4O3. The van der Waals surface area contributed by atoms with E-state index in [2.05, 4.69) is 17.6 Å². The summed E-state index contributed by atoms with van der Waals surface area (Å²) in [5.41, 5.74) is 3.73. The summed E-state index contributed by atoms with van der Waals surface area (Å²) in [5, 5.41) is 5.65. The van der Waals surface area contributed by atoms with Gasteiger partial charge in [0, 0.05) is 51.7 Å². The Labute approximate surface area is 203 Å². The Kier molecular flexibility index (Phi) is 9.33. The molecule has 1 fully saturated rings. The SMILES string of the molecule is CCNC(=O)Nc1ccc(N(C)C)c(CN(CC2CCCO2)C(=O)C(CC)c2ccccc2)c1. The molecule has 0 aliphatic carbocycles. The lowest BCUT2D eigenvalue weighted by molar-refractivity contribution is -0.135. The number of carbonyl (C=O) groups is 2. The van der Waals surface area contributed by atoms with Crippen molar-refractivity contribution in [3.63, 3.8) is 0 Å². The Morgan fingerprint density at radius 2 is 1.88 bits per heavy atom. The standard InChI is InChI=1S/C27H38N4O3/c1-5-24(20-11-8-7-9-12-20)26(32)31(19-23-13-10-16-34-23)18-21-17-22(29-27(33)28-6-2)14-15-25(21)30(3)4/h7-9,11-12,14-15,17,23-24H,5-6,10,13,16,18-19H2,1-4H3,(H2,28,29,33). The van der Waals surface area contributed by atoms with E-state index in [1.54, 1.807) is 0 Å². The van der Waals surface area contributed by atoms with Crippen molar-refractivity contribution in [1.82, 2.24) is 10.2 Å². The Hall–Kier alpha value is -3.06. The first kappa shape index (κ1) is 25.6. The minimum atomic E-state index is -0.242. The van der Waals surface area contributed by atoms with Crippen LogP contribution in [0.4, 0.5) is 16.2 Å². The second-order valence-corrected chi connectivity index (χ2v) is 8.95. The zero-order valence-corrected chi connectivity index (χ0v) is 20.8. The van der Waals surface area contributed by atoms with Crippen LogP contribution in [0.2, 0.25) is 0 Å². The Bertz CT molecular complexity index is 942. The molecule has 0 spiro atoms. The number of rotatable bonds is 10. The maximum Gasteiger partial charge on any atom is 0.319 e. The van der Waals surface area contributed by atoms with Gasteiger partial charge in [-0.2, -0.15) is 0 Å². The second-order valence-electron chi connectivity index (χ2n) is 8.95. The van der Waals surface area contributed by atoms with Gasteiger partial charge in [0.1, 0.15) is 0 Å². The van der Waals surface area contributed by atoms with Gasteiger partial charge in [-0.05, 0) is 55.5 Å². The van der Waals surface area contributed by atoms with Gasteiger partial charge in [-0.3, -0.25) is 4.79 Å². The Morgan fingerprint density at radius 1 is 1.12 bits per heavy atom. The van der Waals surface area contributed by atoms with Crippen LogP contribution in [-0.2, 0) is 16.1 Å². The smallest absolute Gasteiger partial charge is 0.319 e. The summed E-state index contributed by atoms with van der Waals surface area (Å²) < 4.78 is 5.90. The maximum absolute atomic E-state index is 13.9. The van der Waals surface area contributed by atoms with E-state index >= 15 is 0 Å². The minimum Gasteiger partial charge on any atom is -0.377 e. The van der Waals surface area contributed by atoms with Gasteiger partial charge in [0.2, 0.25) is 5.91 Å².